The standard InChI is InChI=1S/C25H54NO3P/c1-7-13-16-22(10-4)19-25(26-21-30(27,28)29,24(12-6)18-15-9-3)20-23(11-5)17-14-8-2/h22-24,26H,7-21H2,1-6H3,(H2,27,28,29). The minimum atomic E-state index is -4.10. The van der Waals surface area contributed by atoms with Gasteiger partial charge in [0.1, 0.15) is 0 Å². The van der Waals surface area contributed by atoms with Crippen molar-refractivity contribution in [2.75, 3.05) is 6.29 Å². The average molecular weight is 448 g/mol. The molecule has 0 fully saturated rings. The quantitative estimate of drug-likeness (QED) is 0.166. The van der Waals surface area contributed by atoms with Gasteiger partial charge in [-0.15, -0.1) is 0 Å². The van der Waals surface area contributed by atoms with Crippen LogP contribution in [0.3, 0.4) is 0 Å². The van der Waals surface area contributed by atoms with Crippen LogP contribution in [0.15, 0.2) is 0 Å². The monoisotopic (exact) mass is 447 g/mol. The van der Waals surface area contributed by atoms with E-state index < -0.39 is 7.60 Å². The molecule has 0 aliphatic rings. The molecule has 0 heterocycles. The summed E-state index contributed by atoms with van der Waals surface area (Å²) >= 11 is 0. The molecule has 0 aliphatic heterocycles. The van der Waals surface area contributed by atoms with Crippen molar-refractivity contribution in [3.63, 3.8) is 0 Å². The Morgan fingerprint density at radius 3 is 1.50 bits per heavy atom. The molecular formula is C25H54NO3P. The minimum Gasteiger partial charge on any atom is -0.324 e. The summed E-state index contributed by atoms with van der Waals surface area (Å²) in [5.74, 6) is 1.71. The third kappa shape index (κ3) is 12.2. The molecule has 5 heteroatoms. The van der Waals surface area contributed by atoms with E-state index in [9.17, 15) is 14.4 Å². The van der Waals surface area contributed by atoms with Crippen molar-refractivity contribution in [1.82, 2.24) is 5.32 Å². The van der Waals surface area contributed by atoms with Crippen molar-refractivity contribution in [2.45, 2.75) is 137 Å². The molecule has 0 amide bonds. The van der Waals surface area contributed by atoms with Gasteiger partial charge in [0.2, 0.25) is 0 Å². The Bertz CT molecular complexity index is 434. The van der Waals surface area contributed by atoms with E-state index in [1.54, 1.807) is 0 Å². The van der Waals surface area contributed by atoms with Crippen molar-refractivity contribution >= 4 is 7.60 Å². The van der Waals surface area contributed by atoms with Gasteiger partial charge < -0.3 is 15.1 Å². The Hall–Kier alpha value is 0.110. The number of hydrogen-bond donors (Lipinski definition) is 3. The van der Waals surface area contributed by atoms with Crippen LogP contribution in [0.5, 0.6) is 0 Å². The predicted octanol–water partition coefficient (Wildman–Crippen LogP) is 7.88. The zero-order chi connectivity index (χ0) is 23.0. The van der Waals surface area contributed by atoms with E-state index in [4.69, 9.17) is 0 Å². The molecule has 0 saturated carbocycles. The molecule has 182 valence electrons. The lowest BCUT2D eigenvalue weighted by atomic mass is 9.67. The molecule has 0 aromatic carbocycles. The summed E-state index contributed by atoms with van der Waals surface area (Å²) in [5, 5.41) is 3.55. The lowest BCUT2D eigenvalue weighted by molar-refractivity contribution is 0.108. The van der Waals surface area contributed by atoms with E-state index >= 15 is 0 Å². The molecule has 0 aromatic heterocycles. The summed E-state index contributed by atoms with van der Waals surface area (Å²) in [5.41, 5.74) is -0.173. The first kappa shape index (κ1) is 30.1. The highest BCUT2D eigenvalue weighted by Crippen LogP contribution is 2.43. The van der Waals surface area contributed by atoms with Crippen molar-refractivity contribution in [1.29, 1.82) is 0 Å². The Kier molecular flexibility index (Phi) is 16.8. The second-order valence-electron chi connectivity index (χ2n) is 9.64. The van der Waals surface area contributed by atoms with Crippen molar-refractivity contribution in [3.05, 3.63) is 0 Å². The molecule has 0 aromatic rings. The molecule has 0 spiro atoms. The fourth-order valence-corrected chi connectivity index (χ4v) is 5.73. The van der Waals surface area contributed by atoms with Crippen LogP contribution in [0.2, 0.25) is 0 Å². The molecule has 0 saturated heterocycles. The molecule has 3 N–H and O–H groups in total. The molecule has 3 unspecified atom stereocenters. The zero-order valence-electron chi connectivity index (χ0n) is 21.1. The summed E-state index contributed by atoms with van der Waals surface area (Å²) in [6.07, 6.45) is 16.1. The summed E-state index contributed by atoms with van der Waals surface area (Å²) in [7, 11) is -4.10. The van der Waals surface area contributed by atoms with Crippen LogP contribution in [0.4, 0.5) is 0 Å². The fourth-order valence-electron chi connectivity index (χ4n) is 5.20. The van der Waals surface area contributed by atoms with Crippen molar-refractivity contribution in [2.24, 2.45) is 17.8 Å². The zero-order valence-corrected chi connectivity index (χ0v) is 22.0. The number of hydrogen-bond acceptors (Lipinski definition) is 2. The van der Waals surface area contributed by atoms with E-state index in [-0.39, 0.29) is 11.8 Å². The van der Waals surface area contributed by atoms with Gasteiger partial charge in [0.15, 0.2) is 0 Å². The van der Waals surface area contributed by atoms with Gasteiger partial charge in [0.05, 0.1) is 6.29 Å². The Labute approximate surface area is 188 Å². The molecule has 30 heavy (non-hydrogen) atoms. The molecule has 0 rings (SSSR count). The lowest BCUT2D eigenvalue weighted by Gasteiger charge is -2.46. The van der Waals surface area contributed by atoms with E-state index in [1.807, 2.05) is 0 Å². The van der Waals surface area contributed by atoms with Crippen molar-refractivity contribution in [3.8, 4) is 0 Å². The predicted molar refractivity (Wildman–Crippen MR) is 132 cm³/mol. The number of rotatable bonds is 20. The van der Waals surface area contributed by atoms with Gasteiger partial charge in [0.25, 0.3) is 0 Å². The largest absolute Gasteiger partial charge is 0.339 e. The summed E-state index contributed by atoms with van der Waals surface area (Å²) in [6.45, 7) is 13.6. The molecule has 4 nitrogen and oxygen atoms in total. The van der Waals surface area contributed by atoms with Crippen LogP contribution in [0.25, 0.3) is 0 Å². The van der Waals surface area contributed by atoms with Crippen molar-refractivity contribution < 1.29 is 14.4 Å². The fraction of sp³-hybridized carbons (Fsp3) is 1.00. The van der Waals surface area contributed by atoms with E-state index in [1.165, 1.54) is 51.4 Å². The van der Waals surface area contributed by atoms with Crippen LogP contribution in [0.1, 0.15) is 131 Å². The summed E-state index contributed by atoms with van der Waals surface area (Å²) in [6, 6.07) is 0. The van der Waals surface area contributed by atoms with E-state index in [0.29, 0.717) is 17.8 Å². The maximum absolute atomic E-state index is 11.9. The van der Waals surface area contributed by atoms with Gasteiger partial charge in [0, 0.05) is 5.54 Å². The number of unbranched alkanes of at least 4 members (excludes halogenated alkanes) is 3. The minimum absolute atomic E-state index is 0.173. The first-order valence-corrected chi connectivity index (χ1v) is 14.8. The lowest BCUT2D eigenvalue weighted by Crippen LogP contribution is -2.54. The van der Waals surface area contributed by atoms with Gasteiger partial charge in [-0.05, 0) is 37.0 Å². The highest BCUT2D eigenvalue weighted by Gasteiger charge is 2.41. The summed E-state index contributed by atoms with van der Waals surface area (Å²) in [4.78, 5) is 19.5. The van der Waals surface area contributed by atoms with Crippen LogP contribution >= 0.6 is 7.60 Å². The van der Waals surface area contributed by atoms with Gasteiger partial charge in [-0.25, -0.2) is 0 Å². The molecule has 0 aliphatic carbocycles. The first-order valence-electron chi connectivity index (χ1n) is 13.0. The van der Waals surface area contributed by atoms with Crippen LogP contribution in [0, 0.1) is 17.8 Å². The van der Waals surface area contributed by atoms with E-state index in [2.05, 4.69) is 46.9 Å². The summed E-state index contributed by atoms with van der Waals surface area (Å²) < 4.78 is 11.9. The Morgan fingerprint density at radius 2 is 1.17 bits per heavy atom. The molecule has 0 bridgehead atoms. The smallest absolute Gasteiger partial charge is 0.324 e. The SMILES string of the molecule is CCCCC(CC)CC(CC(CC)CCCC)(NCP(=O)(O)O)C(CC)CCCC. The average Bonchev–Trinajstić information content (AvgIpc) is 2.72. The Morgan fingerprint density at radius 1 is 0.733 bits per heavy atom. The van der Waals surface area contributed by atoms with Crippen LogP contribution < -0.4 is 5.32 Å². The third-order valence-corrected chi connectivity index (χ3v) is 7.78. The van der Waals surface area contributed by atoms with E-state index in [0.717, 1.165) is 38.5 Å². The Balaban J connectivity index is 6.00. The van der Waals surface area contributed by atoms with Crippen LogP contribution in [-0.2, 0) is 4.57 Å². The van der Waals surface area contributed by atoms with Gasteiger partial charge in [-0.1, -0.05) is 112 Å². The second-order valence-corrected chi connectivity index (χ2v) is 11.3. The third-order valence-electron chi connectivity index (χ3n) is 7.21. The van der Waals surface area contributed by atoms with Crippen LogP contribution in [-0.4, -0.2) is 21.6 Å². The molecule has 0 radical (unpaired) electrons. The topological polar surface area (TPSA) is 69.6 Å². The van der Waals surface area contributed by atoms with Gasteiger partial charge >= 0.3 is 7.60 Å². The maximum atomic E-state index is 11.9. The number of nitrogens with one attached hydrogen (secondary N) is 1. The van der Waals surface area contributed by atoms with Gasteiger partial charge in [-0.3, -0.25) is 4.57 Å². The normalized spacial score (nSPS) is 17.5. The molecule has 3 atom stereocenters. The molecular weight excluding hydrogens is 393 g/mol. The second kappa shape index (κ2) is 16.7. The van der Waals surface area contributed by atoms with Gasteiger partial charge in [-0.2, -0.15) is 0 Å². The maximum Gasteiger partial charge on any atom is 0.339 e. The highest BCUT2D eigenvalue weighted by molar-refractivity contribution is 7.51. The first-order chi connectivity index (χ1) is 14.2. The highest BCUT2D eigenvalue weighted by atomic mass is 31.2.